The zero-order valence-electron chi connectivity index (χ0n) is 36.3. The number of carbonyl (C=O) groups is 2. The molecule has 334 valence electrons. The number of unbranched alkanes of at least 4 members (excludes halogenated alkanes) is 23. The fourth-order valence-corrected chi connectivity index (χ4v) is 6.99. The van der Waals surface area contributed by atoms with Gasteiger partial charge in [-0.15, -0.1) is 0 Å². The first-order chi connectivity index (χ1) is 27.7. The number of phosphoric ester groups is 1. The highest BCUT2D eigenvalue weighted by Gasteiger charge is 2.27. The number of carbonyl (C=O) groups excluding carboxylic acids is 2. The second-order valence-corrected chi connectivity index (χ2v) is 16.9. The summed E-state index contributed by atoms with van der Waals surface area (Å²) in [5, 5.41) is 18.3. The zero-order chi connectivity index (χ0) is 41.9. The molecule has 0 aromatic carbocycles. The number of hydrogen-bond donors (Lipinski definition) is 3. The molecular weight excluding hydrogens is 743 g/mol. The maximum absolute atomic E-state index is 12.6. The second-order valence-electron chi connectivity index (χ2n) is 15.4. The smallest absolute Gasteiger partial charge is 0.462 e. The Labute approximate surface area is 348 Å². The molecule has 3 atom stereocenters. The standard InChI is InChI=1S/C46H85O10P/c1-3-5-7-9-11-13-15-17-18-19-20-21-22-23-24-26-27-29-31-33-35-37-45(49)53-41-44(42-55-57(51,52)54-40-43(48)39-47)56-46(50)38-36-34-32-30-28-25-16-14-12-10-8-6-4-2/h8,10,14,16,19-20,43-44,47-48H,3-7,9,11-13,15,17-18,21-42H2,1-2H3,(H,51,52)/b10-8-,16-14-,20-19-. The Morgan fingerprint density at radius 1 is 0.526 bits per heavy atom. The molecular formula is C46H85O10P. The van der Waals surface area contributed by atoms with Crippen molar-refractivity contribution < 1.29 is 47.8 Å². The number of ether oxygens (including phenoxy) is 2. The maximum Gasteiger partial charge on any atom is 0.472 e. The molecule has 0 aromatic heterocycles. The number of hydrogen-bond acceptors (Lipinski definition) is 9. The molecule has 3 N–H and O–H groups in total. The van der Waals surface area contributed by atoms with Crippen LogP contribution in [0.4, 0.5) is 0 Å². The minimum absolute atomic E-state index is 0.168. The first kappa shape index (κ1) is 55.2. The summed E-state index contributed by atoms with van der Waals surface area (Å²) in [6, 6.07) is 0. The molecule has 57 heavy (non-hydrogen) atoms. The van der Waals surface area contributed by atoms with Crippen LogP contribution in [-0.4, -0.2) is 65.7 Å². The summed E-state index contributed by atoms with van der Waals surface area (Å²) in [5.41, 5.74) is 0. The minimum atomic E-state index is -4.62. The Kier molecular flexibility index (Phi) is 41.0. The molecule has 0 radical (unpaired) electrons. The van der Waals surface area contributed by atoms with Gasteiger partial charge in [0.2, 0.25) is 0 Å². The van der Waals surface area contributed by atoms with Crippen LogP contribution in [0.1, 0.15) is 206 Å². The Bertz CT molecular complexity index is 1050. The lowest BCUT2D eigenvalue weighted by atomic mass is 10.1. The number of aliphatic hydroxyl groups is 2. The van der Waals surface area contributed by atoms with Crippen LogP contribution in [0, 0.1) is 0 Å². The Morgan fingerprint density at radius 3 is 1.44 bits per heavy atom. The van der Waals surface area contributed by atoms with Gasteiger partial charge in [-0.05, 0) is 64.2 Å². The molecule has 0 aliphatic rings. The summed E-state index contributed by atoms with van der Waals surface area (Å²) < 4.78 is 32.7. The maximum atomic E-state index is 12.6. The van der Waals surface area contributed by atoms with Crippen LogP contribution in [0.3, 0.4) is 0 Å². The normalized spacial score (nSPS) is 14.1. The van der Waals surface area contributed by atoms with E-state index >= 15 is 0 Å². The quantitative estimate of drug-likeness (QED) is 0.0235. The predicted molar refractivity (Wildman–Crippen MR) is 233 cm³/mol. The van der Waals surface area contributed by atoms with Crippen LogP contribution in [0.25, 0.3) is 0 Å². The Balaban J connectivity index is 4.20. The summed E-state index contributed by atoms with van der Waals surface area (Å²) >= 11 is 0. The van der Waals surface area contributed by atoms with Crippen molar-refractivity contribution in [3.63, 3.8) is 0 Å². The van der Waals surface area contributed by atoms with Crippen LogP contribution >= 0.6 is 7.82 Å². The summed E-state index contributed by atoms with van der Waals surface area (Å²) in [7, 11) is -4.62. The first-order valence-electron chi connectivity index (χ1n) is 22.9. The molecule has 0 bridgehead atoms. The van der Waals surface area contributed by atoms with Crippen LogP contribution in [0.5, 0.6) is 0 Å². The molecule has 0 rings (SSSR count). The fraction of sp³-hybridized carbons (Fsp3) is 0.826. The average Bonchev–Trinajstić information content (AvgIpc) is 3.20. The number of allylic oxidation sites excluding steroid dienone is 6. The molecule has 0 aliphatic carbocycles. The van der Waals surface area contributed by atoms with Gasteiger partial charge in [0.25, 0.3) is 0 Å². The van der Waals surface area contributed by atoms with E-state index in [-0.39, 0.29) is 19.4 Å². The van der Waals surface area contributed by atoms with Gasteiger partial charge in [-0.1, -0.05) is 166 Å². The van der Waals surface area contributed by atoms with E-state index in [0.29, 0.717) is 12.8 Å². The third-order valence-electron chi connectivity index (χ3n) is 9.75. The second kappa shape index (κ2) is 42.3. The third kappa shape index (κ3) is 42.1. The topological polar surface area (TPSA) is 149 Å². The van der Waals surface area contributed by atoms with Crippen molar-refractivity contribution in [2.45, 2.75) is 219 Å². The summed E-state index contributed by atoms with van der Waals surface area (Å²) in [6.07, 6.45) is 44.0. The van der Waals surface area contributed by atoms with Crippen molar-refractivity contribution >= 4 is 19.8 Å². The first-order valence-corrected chi connectivity index (χ1v) is 24.4. The van der Waals surface area contributed by atoms with E-state index in [4.69, 9.17) is 19.1 Å². The molecule has 11 heteroatoms. The predicted octanol–water partition coefficient (Wildman–Crippen LogP) is 12.3. The lowest BCUT2D eigenvalue weighted by Crippen LogP contribution is -2.29. The molecule has 0 fully saturated rings. The summed E-state index contributed by atoms with van der Waals surface area (Å²) in [5.74, 6) is -0.940. The molecule has 0 amide bonds. The van der Waals surface area contributed by atoms with E-state index in [1.807, 2.05) is 0 Å². The van der Waals surface area contributed by atoms with E-state index in [9.17, 15) is 24.2 Å². The summed E-state index contributed by atoms with van der Waals surface area (Å²) in [6.45, 7) is 2.31. The molecule has 10 nitrogen and oxygen atoms in total. The number of aliphatic hydroxyl groups excluding tert-OH is 2. The molecule has 0 aromatic rings. The number of esters is 2. The van der Waals surface area contributed by atoms with Gasteiger partial charge in [-0.2, -0.15) is 0 Å². The molecule has 0 heterocycles. The van der Waals surface area contributed by atoms with Gasteiger partial charge in [0.1, 0.15) is 12.7 Å². The minimum Gasteiger partial charge on any atom is -0.462 e. The fourth-order valence-electron chi connectivity index (χ4n) is 6.20. The van der Waals surface area contributed by atoms with Crippen molar-refractivity contribution in [2.24, 2.45) is 0 Å². The Hall–Kier alpha value is -1.81. The van der Waals surface area contributed by atoms with Gasteiger partial charge >= 0.3 is 19.8 Å². The van der Waals surface area contributed by atoms with Crippen molar-refractivity contribution in [3.05, 3.63) is 36.5 Å². The van der Waals surface area contributed by atoms with Crippen molar-refractivity contribution in [1.82, 2.24) is 0 Å². The number of phosphoric acid groups is 1. The van der Waals surface area contributed by atoms with E-state index in [0.717, 1.165) is 64.2 Å². The van der Waals surface area contributed by atoms with Crippen LogP contribution in [-0.2, 0) is 32.7 Å². The highest BCUT2D eigenvalue weighted by Crippen LogP contribution is 2.43. The molecule has 0 saturated heterocycles. The monoisotopic (exact) mass is 829 g/mol. The third-order valence-corrected chi connectivity index (χ3v) is 10.7. The molecule has 0 spiro atoms. The molecule has 0 aliphatic heterocycles. The lowest BCUT2D eigenvalue weighted by Gasteiger charge is -2.20. The van der Waals surface area contributed by atoms with E-state index in [2.05, 4.69) is 54.8 Å². The van der Waals surface area contributed by atoms with E-state index in [1.165, 1.54) is 103 Å². The van der Waals surface area contributed by atoms with Gasteiger partial charge in [0, 0.05) is 12.8 Å². The number of rotatable bonds is 43. The van der Waals surface area contributed by atoms with Gasteiger partial charge in [-0.3, -0.25) is 18.6 Å². The van der Waals surface area contributed by atoms with Crippen molar-refractivity contribution in [3.8, 4) is 0 Å². The largest absolute Gasteiger partial charge is 0.472 e. The SMILES string of the molecule is CCC/C=C\C/C=C\CCCCCCCC(=O)OC(COC(=O)CCCCCCCCCCC/C=C\CCCCCCCCCC)COP(=O)(O)OCC(O)CO. The van der Waals surface area contributed by atoms with Crippen LogP contribution in [0.2, 0.25) is 0 Å². The highest BCUT2D eigenvalue weighted by atomic mass is 31.2. The lowest BCUT2D eigenvalue weighted by molar-refractivity contribution is -0.161. The Morgan fingerprint density at radius 2 is 0.947 bits per heavy atom. The van der Waals surface area contributed by atoms with Crippen molar-refractivity contribution in [2.75, 3.05) is 26.4 Å². The van der Waals surface area contributed by atoms with Crippen molar-refractivity contribution in [1.29, 1.82) is 0 Å². The van der Waals surface area contributed by atoms with Gasteiger partial charge in [0.05, 0.1) is 19.8 Å². The highest BCUT2D eigenvalue weighted by molar-refractivity contribution is 7.47. The van der Waals surface area contributed by atoms with Gasteiger partial charge < -0.3 is 24.6 Å². The van der Waals surface area contributed by atoms with E-state index < -0.39 is 51.8 Å². The zero-order valence-corrected chi connectivity index (χ0v) is 37.2. The van der Waals surface area contributed by atoms with Crippen LogP contribution < -0.4 is 0 Å². The van der Waals surface area contributed by atoms with Crippen LogP contribution in [0.15, 0.2) is 36.5 Å². The average molecular weight is 829 g/mol. The molecule has 0 saturated carbocycles. The summed E-state index contributed by atoms with van der Waals surface area (Å²) in [4.78, 5) is 35.0. The molecule has 3 unspecified atom stereocenters. The van der Waals surface area contributed by atoms with Gasteiger partial charge in [0.15, 0.2) is 6.10 Å². The van der Waals surface area contributed by atoms with E-state index in [1.54, 1.807) is 0 Å². The van der Waals surface area contributed by atoms with Gasteiger partial charge in [-0.25, -0.2) is 4.57 Å².